The maximum absolute atomic E-state index is 12.0. The molecule has 3 N–H and O–H groups in total. The first-order chi connectivity index (χ1) is 12.8. The van der Waals surface area contributed by atoms with Gasteiger partial charge >= 0.3 is 11.9 Å². The van der Waals surface area contributed by atoms with E-state index in [2.05, 4.69) is 17.1 Å². The van der Waals surface area contributed by atoms with Crippen LogP contribution < -0.4 is 14.8 Å². The fourth-order valence-corrected chi connectivity index (χ4v) is 2.95. The van der Waals surface area contributed by atoms with Crippen LogP contribution in [-0.2, 0) is 14.4 Å². The molecule has 0 bridgehead atoms. The quantitative estimate of drug-likeness (QED) is 0.673. The van der Waals surface area contributed by atoms with Crippen molar-refractivity contribution in [2.45, 2.75) is 26.2 Å². The van der Waals surface area contributed by atoms with Crippen molar-refractivity contribution >= 4 is 23.5 Å². The number of rotatable bonds is 4. The molecule has 148 valence electrons. The normalized spacial score (nSPS) is 18.2. The van der Waals surface area contributed by atoms with E-state index in [1.54, 1.807) is 0 Å². The van der Waals surface area contributed by atoms with E-state index in [4.69, 9.17) is 29.3 Å². The van der Waals surface area contributed by atoms with Crippen molar-refractivity contribution < 1.29 is 34.1 Å². The van der Waals surface area contributed by atoms with E-state index in [-0.39, 0.29) is 12.7 Å². The van der Waals surface area contributed by atoms with E-state index in [1.165, 1.54) is 12.8 Å². The van der Waals surface area contributed by atoms with Crippen molar-refractivity contribution in [1.82, 2.24) is 4.90 Å². The summed E-state index contributed by atoms with van der Waals surface area (Å²) in [5, 5.41) is 17.7. The Morgan fingerprint density at radius 1 is 1.19 bits per heavy atom. The average Bonchev–Trinajstić information content (AvgIpc) is 3.08. The van der Waals surface area contributed by atoms with Crippen molar-refractivity contribution in [2.24, 2.45) is 5.92 Å². The van der Waals surface area contributed by atoms with Gasteiger partial charge in [0.05, 0.1) is 0 Å². The number of carbonyl (C=O) groups excluding carboxylic acids is 1. The second-order valence-corrected chi connectivity index (χ2v) is 6.52. The minimum absolute atomic E-state index is 0.0482. The van der Waals surface area contributed by atoms with E-state index in [0.717, 1.165) is 37.0 Å². The number of hydrogen-bond acceptors (Lipinski definition) is 6. The third kappa shape index (κ3) is 6.78. The summed E-state index contributed by atoms with van der Waals surface area (Å²) in [5.41, 5.74) is 0.760. The van der Waals surface area contributed by atoms with Crippen LogP contribution in [0.25, 0.3) is 0 Å². The first-order valence-corrected chi connectivity index (χ1v) is 8.73. The minimum atomic E-state index is -1.82. The third-order valence-corrected chi connectivity index (χ3v) is 4.24. The maximum atomic E-state index is 12.0. The van der Waals surface area contributed by atoms with Gasteiger partial charge in [0.1, 0.15) is 0 Å². The summed E-state index contributed by atoms with van der Waals surface area (Å²) in [5.74, 6) is -1.43. The van der Waals surface area contributed by atoms with Gasteiger partial charge in [0, 0.05) is 31.3 Å². The predicted octanol–water partition coefficient (Wildman–Crippen LogP) is 1.63. The molecule has 1 fully saturated rings. The molecule has 1 unspecified atom stereocenters. The lowest BCUT2D eigenvalue weighted by Crippen LogP contribution is -2.36. The molecule has 1 saturated heterocycles. The van der Waals surface area contributed by atoms with Crippen LogP contribution in [0.2, 0.25) is 0 Å². The Kier molecular flexibility index (Phi) is 7.42. The molecule has 0 saturated carbocycles. The highest BCUT2D eigenvalue weighted by Crippen LogP contribution is 2.34. The first-order valence-electron chi connectivity index (χ1n) is 8.73. The van der Waals surface area contributed by atoms with Crippen molar-refractivity contribution in [2.75, 3.05) is 31.7 Å². The molecule has 1 amide bonds. The lowest BCUT2D eigenvalue weighted by Gasteiger charge is -2.30. The molecule has 1 aromatic rings. The summed E-state index contributed by atoms with van der Waals surface area (Å²) in [4.78, 5) is 32.6. The molecule has 0 aromatic heterocycles. The number of carboxylic acids is 2. The highest BCUT2D eigenvalue weighted by molar-refractivity contribution is 6.27. The molecule has 2 aliphatic rings. The van der Waals surface area contributed by atoms with Crippen LogP contribution in [0.4, 0.5) is 5.69 Å². The highest BCUT2D eigenvalue weighted by atomic mass is 16.7. The molecule has 0 aliphatic carbocycles. The summed E-state index contributed by atoms with van der Waals surface area (Å²) in [6, 6.07) is 5.47. The standard InChI is InChI=1S/C16H22N2O3.C2H2O4/c1-12-3-2-7-18(10-12)8-6-16(19)17-13-4-5-14-15(9-13)21-11-20-14;3-1(4)2(5)6/h4-5,9,12H,2-3,6-8,10-11H2,1H3,(H,17,19);(H,3,4)(H,5,6). The zero-order valence-electron chi connectivity index (χ0n) is 15.1. The summed E-state index contributed by atoms with van der Waals surface area (Å²) in [6.45, 7) is 5.58. The lowest BCUT2D eigenvalue weighted by molar-refractivity contribution is -0.159. The predicted molar refractivity (Wildman–Crippen MR) is 95.9 cm³/mol. The number of piperidine rings is 1. The number of aliphatic carboxylic acids is 2. The number of carbonyl (C=O) groups is 3. The van der Waals surface area contributed by atoms with Crippen molar-refractivity contribution in [3.8, 4) is 11.5 Å². The molecule has 9 heteroatoms. The van der Waals surface area contributed by atoms with Crippen molar-refractivity contribution in [3.63, 3.8) is 0 Å². The number of nitrogens with zero attached hydrogens (tertiary/aromatic N) is 1. The van der Waals surface area contributed by atoms with Crippen LogP contribution in [0.15, 0.2) is 18.2 Å². The first kappa shape index (κ1) is 20.5. The van der Waals surface area contributed by atoms with E-state index < -0.39 is 11.9 Å². The molecule has 0 radical (unpaired) electrons. The Morgan fingerprint density at radius 2 is 1.89 bits per heavy atom. The van der Waals surface area contributed by atoms with Crippen molar-refractivity contribution in [3.05, 3.63) is 18.2 Å². The number of benzene rings is 1. The van der Waals surface area contributed by atoms with Crippen molar-refractivity contribution in [1.29, 1.82) is 0 Å². The van der Waals surface area contributed by atoms with Gasteiger partial charge in [0.25, 0.3) is 0 Å². The molecule has 2 heterocycles. The van der Waals surface area contributed by atoms with Crippen LogP contribution in [0.5, 0.6) is 11.5 Å². The second kappa shape index (κ2) is 9.77. The van der Waals surface area contributed by atoms with Gasteiger partial charge in [-0.25, -0.2) is 9.59 Å². The average molecular weight is 380 g/mol. The molecule has 1 atom stereocenters. The molecule has 0 spiro atoms. The summed E-state index contributed by atoms with van der Waals surface area (Å²) < 4.78 is 10.6. The molecule has 9 nitrogen and oxygen atoms in total. The van der Waals surface area contributed by atoms with Gasteiger partial charge in [-0.05, 0) is 37.4 Å². The van der Waals surface area contributed by atoms with E-state index in [0.29, 0.717) is 12.2 Å². The number of nitrogens with one attached hydrogen (secondary N) is 1. The summed E-state index contributed by atoms with van der Waals surface area (Å²) in [6.07, 6.45) is 3.08. The van der Waals surface area contributed by atoms with Crippen LogP contribution in [0, 0.1) is 5.92 Å². The number of likely N-dealkylation sites (tertiary alicyclic amines) is 1. The number of fused-ring (bicyclic) bond motifs is 1. The Morgan fingerprint density at radius 3 is 2.56 bits per heavy atom. The number of carboxylic acid groups (broad SMARTS) is 2. The summed E-state index contributed by atoms with van der Waals surface area (Å²) in [7, 11) is 0. The van der Waals surface area contributed by atoms with Gasteiger partial charge in [-0.3, -0.25) is 4.79 Å². The fourth-order valence-electron chi connectivity index (χ4n) is 2.95. The molecular weight excluding hydrogens is 356 g/mol. The third-order valence-electron chi connectivity index (χ3n) is 4.24. The van der Waals surface area contributed by atoms with Crippen LogP contribution >= 0.6 is 0 Å². The Bertz CT molecular complexity index is 680. The SMILES string of the molecule is CC1CCCN(CCC(=O)Nc2ccc3c(c2)OCO3)C1.O=C(O)C(=O)O. The number of hydrogen-bond donors (Lipinski definition) is 3. The monoisotopic (exact) mass is 380 g/mol. The van der Waals surface area contributed by atoms with Gasteiger partial charge in [-0.1, -0.05) is 6.92 Å². The molecule has 2 aliphatic heterocycles. The molecule has 1 aromatic carbocycles. The Labute approximate surface area is 156 Å². The van der Waals surface area contributed by atoms with Crippen LogP contribution in [-0.4, -0.2) is 59.4 Å². The zero-order chi connectivity index (χ0) is 19.8. The molecular formula is C18H24N2O7. The van der Waals surface area contributed by atoms with Gasteiger partial charge in [-0.15, -0.1) is 0 Å². The topological polar surface area (TPSA) is 125 Å². The Balaban J connectivity index is 0.000000380. The lowest BCUT2D eigenvalue weighted by atomic mass is 10.0. The maximum Gasteiger partial charge on any atom is 0.414 e. The van der Waals surface area contributed by atoms with E-state index in [1.807, 2.05) is 18.2 Å². The number of amides is 1. The van der Waals surface area contributed by atoms with Gasteiger partial charge < -0.3 is 29.9 Å². The van der Waals surface area contributed by atoms with Gasteiger partial charge in [0.2, 0.25) is 12.7 Å². The van der Waals surface area contributed by atoms with Gasteiger partial charge in [0.15, 0.2) is 11.5 Å². The fraction of sp³-hybridized carbons (Fsp3) is 0.500. The van der Waals surface area contributed by atoms with E-state index in [9.17, 15) is 4.79 Å². The minimum Gasteiger partial charge on any atom is -0.473 e. The highest BCUT2D eigenvalue weighted by Gasteiger charge is 2.17. The smallest absolute Gasteiger partial charge is 0.414 e. The van der Waals surface area contributed by atoms with Crippen LogP contribution in [0.3, 0.4) is 0 Å². The summed E-state index contributed by atoms with van der Waals surface area (Å²) >= 11 is 0. The number of anilines is 1. The Hall–Kier alpha value is -2.81. The zero-order valence-corrected chi connectivity index (χ0v) is 15.1. The largest absolute Gasteiger partial charge is 0.473 e. The van der Waals surface area contributed by atoms with Gasteiger partial charge in [-0.2, -0.15) is 0 Å². The second-order valence-electron chi connectivity index (χ2n) is 6.52. The number of ether oxygens (including phenoxy) is 2. The van der Waals surface area contributed by atoms with E-state index >= 15 is 0 Å². The molecule has 27 heavy (non-hydrogen) atoms. The van der Waals surface area contributed by atoms with Crippen LogP contribution in [0.1, 0.15) is 26.2 Å². The molecule has 3 rings (SSSR count).